The Hall–Kier alpha value is -3.27. The molecule has 4 rings (SSSR count). The fourth-order valence-corrected chi connectivity index (χ4v) is 5.13. The van der Waals surface area contributed by atoms with Crippen molar-refractivity contribution in [2.45, 2.75) is 51.7 Å². The van der Waals surface area contributed by atoms with Crippen LogP contribution in [-0.2, 0) is 9.59 Å². The van der Waals surface area contributed by atoms with E-state index in [1.165, 1.54) is 27.3 Å². The molecule has 3 atom stereocenters. The summed E-state index contributed by atoms with van der Waals surface area (Å²) in [5.41, 5.74) is -0.000320. The van der Waals surface area contributed by atoms with Gasteiger partial charge in [0.1, 0.15) is 23.5 Å². The van der Waals surface area contributed by atoms with E-state index < -0.39 is 24.2 Å². The van der Waals surface area contributed by atoms with Gasteiger partial charge in [0.2, 0.25) is 5.91 Å². The third kappa shape index (κ3) is 5.11. The maximum absolute atomic E-state index is 13.6. The standard InChI is InChI=1S/C24H28N4O5S/c1-24(2,3)12-17(26-23(32)33-15-8-11-34-14-15)22(31)27-10-7-18-20(27)19(29)13-28(18)21(30)16-6-4-5-9-25-16/h4-6,8-9,11,14,17-18,20H,7,10,12-13H2,1-3H3,(H,26,32). The Bertz CT molecular complexity index is 1070. The number of carbonyl (C=O) groups excluding carboxylic acids is 4. The van der Waals surface area contributed by atoms with Crippen molar-refractivity contribution in [1.82, 2.24) is 20.1 Å². The van der Waals surface area contributed by atoms with Crippen molar-refractivity contribution in [3.05, 3.63) is 46.9 Å². The van der Waals surface area contributed by atoms with E-state index in [1.54, 1.807) is 35.0 Å². The third-order valence-corrected chi connectivity index (χ3v) is 6.62. The molecule has 3 unspecified atom stereocenters. The highest BCUT2D eigenvalue weighted by Gasteiger charge is 2.52. The summed E-state index contributed by atoms with van der Waals surface area (Å²) >= 11 is 1.39. The van der Waals surface area contributed by atoms with Gasteiger partial charge in [-0.25, -0.2) is 4.79 Å². The lowest BCUT2D eigenvalue weighted by Crippen LogP contribution is -2.54. The first-order chi connectivity index (χ1) is 16.1. The van der Waals surface area contributed by atoms with E-state index in [9.17, 15) is 19.2 Å². The lowest BCUT2D eigenvalue weighted by molar-refractivity contribution is -0.138. The molecule has 10 heteroatoms. The fourth-order valence-electron chi connectivity index (χ4n) is 4.58. The smallest absolute Gasteiger partial charge is 0.409 e. The number of Topliss-reactive ketones (excluding diaryl/α,β-unsaturated/α-hetero) is 1. The average Bonchev–Trinajstić information content (AvgIpc) is 3.51. The number of rotatable bonds is 5. The van der Waals surface area contributed by atoms with Crippen LogP contribution in [0.1, 0.15) is 44.1 Å². The van der Waals surface area contributed by atoms with E-state index in [0.717, 1.165) is 0 Å². The zero-order valence-corrected chi connectivity index (χ0v) is 20.2. The zero-order chi connectivity index (χ0) is 24.5. The minimum Gasteiger partial charge on any atom is -0.409 e. The van der Waals surface area contributed by atoms with Crippen molar-refractivity contribution in [1.29, 1.82) is 0 Å². The molecule has 3 amide bonds. The minimum atomic E-state index is -0.863. The predicted octanol–water partition coefficient (Wildman–Crippen LogP) is 2.73. The number of thiophene rings is 1. The van der Waals surface area contributed by atoms with Crippen molar-refractivity contribution in [3.8, 4) is 5.75 Å². The molecule has 1 N–H and O–H groups in total. The Morgan fingerprint density at radius 3 is 2.68 bits per heavy atom. The molecule has 180 valence electrons. The normalized spacial score (nSPS) is 20.7. The number of aromatic nitrogens is 1. The first-order valence-electron chi connectivity index (χ1n) is 11.2. The Labute approximate surface area is 202 Å². The number of hydrogen-bond acceptors (Lipinski definition) is 7. The van der Waals surface area contributed by atoms with Crippen LogP contribution in [0, 0.1) is 5.41 Å². The van der Waals surface area contributed by atoms with Gasteiger partial charge in [-0.2, -0.15) is 0 Å². The molecule has 0 aromatic carbocycles. The molecule has 0 aliphatic carbocycles. The topological polar surface area (TPSA) is 109 Å². The SMILES string of the molecule is CC(C)(C)CC(NC(=O)Oc1ccsc1)C(=O)N1CCC2C1C(=O)CN2C(=O)c1ccccn1. The van der Waals surface area contributed by atoms with Crippen molar-refractivity contribution < 1.29 is 23.9 Å². The minimum absolute atomic E-state index is 0.0634. The Morgan fingerprint density at radius 1 is 1.24 bits per heavy atom. The van der Waals surface area contributed by atoms with Crippen molar-refractivity contribution >= 4 is 35.0 Å². The molecule has 0 radical (unpaired) electrons. The Balaban J connectivity index is 1.50. The first-order valence-corrected chi connectivity index (χ1v) is 12.1. The number of likely N-dealkylation sites (tertiary alicyclic amines) is 2. The second kappa shape index (κ2) is 9.54. The third-order valence-electron chi connectivity index (χ3n) is 5.96. The van der Waals surface area contributed by atoms with Gasteiger partial charge >= 0.3 is 6.09 Å². The summed E-state index contributed by atoms with van der Waals surface area (Å²) in [6, 6.07) is 4.73. The second-order valence-corrected chi connectivity index (χ2v) is 10.5. The number of fused-ring (bicyclic) bond motifs is 1. The highest BCUT2D eigenvalue weighted by molar-refractivity contribution is 7.08. The van der Waals surface area contributed by atoms with E-state index in [4.69, 9.17) is 4.74 Å². The molecule has 2 aromatic heterocycles. The molecule has 2 aromatic rings. The van der Waals surface area contributed by atoms with Crippen LogP contribution >= 0.6 is 11.3 Å². The van der Waals surface area contributed by atoms with Crippen molar-refractivity contribution in [2.75, 3.05) is 13.1 Å². The van der Waals surface area contributed by atoms with Crippen molar-refractivity contribution in [3.63, 3.8) is 0 Å². The maximum atomic E-state index is 13.6. The van der Waals surface area contributed by atoms with Crippen LogP contribution in [0.3, 0.4) is 0 Å². The van der Waals surface area contributed by atoms with E-state index in [0.29, 0.717) is 25.1 Å². The second-order valence-electron chi connectivity index (χ2n) is 9.76. The van der Waals surface area contributed by atoms with E-state index in [-0.39, 0.29) is 35.3 Å². The zero-order valence-electron chi connectivity index (χ0n) is 19.4. The predicted molar refractivity (Wildman–Crippen MR) is 126 cm³/mol. The summed E-state index contributed by atoms with van der Waals surface area (Å²) in [6.07, 6.45) is 1.66. The summed E-state index contributed by atoms with van der Waals surface area (Å²) in [7, 11) is 0. The molecule has 2 saturated heterocycles. The van der Waals surface area contributed by atoms with Crippen LogP contribution in [0.2, 0.25) is 0 Å². The summed E-state index contributed by atoms with van der Waals surface area (Å²) in [5, 5.41) is 6.17. The summed E-state index contributed by atoms with van der Waals surface area (Å²) in [4.78, 5) is 59.1. The first kappa shape index (κ1) is 23.9. The number of ketones is 1. The van der Waals surface area contributed by atoms with Crippen LogP contribution < -0.4 is 10.1 Å². The molecule has 9 nitrogen and oxygen atoms in total. The largest absolute Gasteiger partial charge is 0.413 e. The van der Waals surface area contributed by atoms with Crippen LogP contribution in [-0.4, -0.2) is 69.7 Å². The molecule has 34 heavy (non-hydrogen) atoms. The van der Waals surface area contributed by atoms with Gasteiger partial charge in [-0.1, -0.05) is 26.8 Å². The number of nitrogens with one attached hydrogen (secondary N) is 1. The van der Waals surface area contributed by atoms with E-state index in [2.05, 4.69) is 10.3 Å². The van der Waals surface area contributed by atoms with Crippen LogP contribution in [0.25, 0.3) is 0 Å². The lowest BCUT2D eigenvalue weighted by Gasteiger charge is -2.31. The number of carbonyl (C=O) groups is 4. The molecule has 4 heterocycles. The van der Waals surface area contributed by atoms with Gasteiger partial charge in [0.25, 0.3) is 5.91 Å². The average molecular weight is 485 g/mol. The number of hydrogen-bond donors (Lipinski definition) is 1. The van der Waals surface area contributed by atoms with Gasteiger partial charge in [0.15, 0.2) is 5.78 Å². The summed E-state index contributed by atoms with van der Waals surface area (Å²) < 4.78 is 5.28. The quantitative estimate of drug-likeness (QED) is 0.699. The maximum Gasteiger partial charge on any atom is 0.413 e. The van der Waals surface area contributed by atoms with Gasteiger partial charge in [-0.3, -0.25) is 19.4 Å². The molecule has 2 aliphatic heterocycles. The van der Waals surface area contributed by atoms with Gasteiger partial charge < -0.3 is 19.9 Å². The molecule has 0 spiro atoms. The number of pyridine rings is 1. The fraction of sp³-hybridized carbons (Fsp3) is 0.458. The number of amides is 3. The van der Waals surface area contributed by atoms with E-state index in [1.807, 2.05) is 20.8 Å². The monoisotopic (exact) mass is 484 g/mol. The van der Waals surface area contributed by atoms with Crippen LogP contribution in [0.5, 0.6) is 5.75 Å². The Morgan fingerprint density at radius 2 is 2.03 bits per heavy atom. The number of nitrogens with zero attached hydrogens (tertiary/aromatic N) is 3. The highest BCUT2D eigenvalue weighted by atomic mass is 32.1. The van der Waals surface area contributed by atoms with E-state index >= 15 is 0 Å². The van der Waals surface area contributed by atoms with Gasteiger partial charge in [-0.15, -0.1) is 11.3 Å². The molecule has 2 aliphatic rings. The molecule has 0 saturated carbocycles. The summed E-state index contributed by atoms with van der Waals surface area (Å²) in [6.45, 7) is 6.18. The number of ether oxygens (including phenoxy) is 1. The van der Waals surface area contributed by atoms with Gasteiger partial charge in [0, 0.05) is 18.1 Å². The molecular formula is C24H28N4O5S. The highest BCUT2D eigenvalue weighted by Crippen LogP contribution is 2.32. The Kier molecular flexibility index (Phi) is 6.70. The van der Waals surface area contributed by atoms with Crippen LogP contribution in [0.15, 0.2) is 41.2 Å². The van der Waals surface area contributed by atoms with Gasteiger partial charge in [0.05, 0.1) is 12.6 Å². The molecule has 0 bridgehead atoms. The summed E-state index contributed by atoms with van der Waals surface area (Å²) in [5.74, 6) is -0.444. The lowest BCUT2D eigenvalue weighted by atomic mass is 9.87. The molecule has 2 fully saturated rings. The molecular weight excluding hydrogens is 456 g/mol. The van der Waals surface area contributed by atoms with Gasteiger partial charge in [-0.05, 0) is 41.8 Å². The van der Waals surface area contributed by atoms with Crippen LogP contribution in [0.4, 0.5) is 4.79 Å². The van der Waals surface area contributed by atoms with Crippen molar-refractivity contribution in [2.24, 2.45) is 5.41 Å².